The van der Waals surface area contributed by atoms with E-state index in [9.17, 15) is 26.7 Å². The van der Waals surface area contributed by atoms with Crippen LogP contribution in [0.15, 0.2) is 12.1 Å². The second-order valence-corrected chi connectivity index (χ2v) is 3.52. The molecule has 0 saturated heterocycles. The number of halogens is 5. The number of rotatable bonds is 3. The summed E-state index contributed by atoms with van der Waals surface area (Å²) in [5.41, 5.74) is 4.32. The second kappa shape index (κ2) is 5.19. The van der Waals surface area contributed by atoms with Gasteiger partial charge in [-0.3, -0.25) is 4.79 Å². The number of benzene rings is 1. The highest BCUT2D eigenvalue weighted by Gasteiger charge is 2.28. The van der Waals surface area contributed by atoms with E-state index < -0.39 is 47.9 Å². The Morgan fingerprint density at radius 1 is 1.28 bits per heavy atom. The Morgan fingerprint density at radius 3 is 2.39 bits per heavy atom. The maximum Gasteiger partial charge on any atom is 0.389 e. The number of carbonyl (C=O) groups is 1. The highest BCUT2D eigenvalue weighted by Crippen LogP contribution is 2.25. The molecular weight excluding hydrogens is 259 g/mol. The molecule has 0 aromatic heterocycles. The Hall–Kier alpha value is -1.86. The van der Waals surface area contributed by atoms with Crippen molar-refractivity contribution in [3.8, 4) is 0 Å². The molecule has 1 amide bonds. The van der Waals surface area contributed by atoms with Gasteiger partial charge in [0.2, 0.25) is 5.91 Å². The summed E-state index contributed by atoms with van der Waals surface area (Å²) in [5, 5.41) is 1.87. The summed E-state index contributed by atoms with van der Waals surface area (Å²) in [4.78, 5) is 11.1. The molecule has 1 rings (SSSR count). The smallest absolute Gasteiger partial charge is 0.389 e. The number of nitrogens with two attached hydrogens (primary N) is 1. The van der Waals surface area contributed by atoms with Gasteiger partial charge in [-0.05, 0) is 6.07 Å². The average Bonchev–Trinajstić information content (AvgIpc) is 2.19. The van der Waals surface area contributed by atoms with Crippen LogP contribution >= 0.6 is 0 Å². The average molecular weight is 268 g/mol. The molecule has 0 spiro atoms. The van der Waals surface area contributed by atoms with Crippen LogP contribution in [0.2, 0.25) is 0 Å². The van der Waals surface area contributed by atoms with Crippen LogP contribution in [0.1, 0.15) is 12.8 Å². The molecule has 3 nitrogen and oxygen atoms in total. The van der Waals surface area contributed by atoms with Crippen molar-refractivity contribution in [3.05, 3.63) is 23.8 Å². The van der Waals surface area contributed by atoms with Crippen molar-refractivity contribution in [2.45, 2.75) is 19.0 Å². The maximum absolute atomic E-state index is 13.2. The number of anilines is 2. The van der Waals surface area contributed by atoms with E-state index in [0.29, 0.717) is 6.07 Å². The number of alkyl halides is 3. The lowest BCUT2D eigenvalue weighted by Gasteiger charge is -2.10. The third kappa shape index (κ3) is 4.19. The quantitative estimate of drug-likeness (QED) is 0.654. The third-order valence-electron chi connectivity index (χ3n) is 1.99. The first-order valence-corrected chi connectivity index (χ1v) is 4.80. The topological polar surface area (TPSA) is 55.1 Å². The molecular formula is C10H9F5N2O. The van der Waals surface area contributed by atoms with Gasteiger partial charge in [0.05, 0.1) is 12.1 Å². The molecule has 0 radical (unpaired) electrons. The summed E-state index contributed by atoms with van der Waals surface area (Å²) < 4.78 is 61.4. The summed E-state index contributed by atoms with van der Waals surface area (Å²) in [6.07, 6.45) is -6.68. The lowest BCUT2D eigenvalue weighted by atomic mass is 10.2. The van der Waals surface area contributed by atoms with E-state index in [1.165, 1.54) is 0 Å². The molecule has 0 fully saturated rings. The van der Waals surface area contributed by atoms with E-state index in [1.54, 1.807) is 0 Å². The molecule has 0 unspecified atom stereocenters. The fourth-order valence-corrected chi connectivity index (χ4v) is 1.18. The Bertz CT molecular complexity index is 435. The zero-order chi connectivity index (χ0) is 13.9. The SMILES string of the molecule is Nc1cc(F)cc(F)c1NC(=O)CCC(F)(F)F. The standard InChI is InChI=1S/C10H9F5N2O/c11-5-3-6(12)9(7(16)4-5)17-8(18)1-2-10(13,14)15/h3-4H,1-2,16H2,(H,17,18). The minimum Gasteiger partial charge on any atom is -0.397 e. The van der Waals surface area contributed by atoms with E-state index in [2.05, 4.69) is 0 Å². The van der Waals surface area contributed by atoms with Gasteiger partial charge in [-0.1, -0.05) is 0 Å². The number of amides is 1. The molecule has 0 bridgehead atoms. The van der Waals surface area contributed by atoms with Crippen molar-refractivity contribution >= 4 is 17.3 Å². The number of nitrogens with one attached hydrogen (secondary N) is 1. The fraction of sp³-hybridized carbons (Fsp3) is 0.300. The monoisotopic (exact) mass is 268 g/mol. The molecule has 1 aromatic carbocycles. The zero-order valence-electron chi connectivity index (χ0n) is 8.94. The summed E-state index contributed by atoms with van der Waals surface area (Å²) in [6.45, 7) is 0. The lowest BCUT2D eigenvalue weighted by Crippen LogP contribution is -2.18. The van der Waals surface area contributed by atoms with Gasteiger partial charge in [0, 0.05) is 12.5 Å². The number of hydrogen-bond donors (Lipinski definition) is 2. The van der Waals surface area contributed by atoms with E-state index in [-0.39, 0.29) is 0 Å². The molecule has 0 aliphatic heterocycles. The maximum atomic E-state index is 13.2. The van der Waals surface area contributed by atoms with Crippen LogP contribution < -0.4 is 11.1 Å². The Morgan fingerprint density at radius 2 is 1.89 bits per heavy atom. The molecule has 0 atom stereocenters. The van der Waals surface area contributed by atoms with Crippen LogP contribution in [-0.2, 0) is 4.79 Å². The van der Waals surface area contributed by atoms with Crippen molar-refractivity contribution < 1.29 is 26.7 Å². The van der Waals surface area contributed by atoms with Crippen molar-refractivity contribution in [1.29, 1.82) is 0 Å². The van der Waals surface area contributed by atoms with Gasteiger partial charge in [0.15, 0.2) is 5.82 Å². The van der Waals surface area contributed by atoms with Crippen LogP contribution in [0.5, 0.6) is 0 Å². The van der Waals surface area contributed by atoms with Crippen LogP contribution in [-0.4, -0.2) is 12.1 Å². The van der Waals surface area contributed by atoms with Crippen LogP contribution in [0, 0.1) is 11.6 Å². The van der Waals surface area contributed by atoms with Gasteiger partial charge >= 0.3 is 6.18 Å². The predicted octanol–water partition coefficient (Wildman–Crippen LogP) is 2.83. The van der Waals surface area contributed by atoms with Gasteiger partial charge in [-0.25, -0.2) is 8.78 Å². The van der Waals surface area contributed by atoms with Crippen LogP contribution in [0.3, 0.4) is 0 Å². The van der Waals surface area contributed by atoms with E-state index in [4.69, 9.17) is 5.73 Å². The van der Waals surface area contributed by atoms with E-state index in [0.717, 1.165) is 6.07 Å². The lowest BCUT2D eigenvalue weighted by molar-refractivity contribution is -0.142. The van der Waals surface area contributed by atoms with Gasteiger partial charge in [-0.2, -0.15) is 13.2 Å². The highest BCUT2D eigenvalue weighted by atomic mass is 19.4. The van der Waals surface area contributed by atoms with Crippen molar-refractivity contribution in [3.63, 3.8) is 0 Å². The second-order valence-electron chi connectivity index (χ2n) is 3.52. The molecule has 100 valence electrons. The molecule has 0 heterocycles. The van der Waals surface area contributed by atoms with Crippen molar-refractivity contribution in [2.24, 2.45) is 0 Å². The molecule has 3 N–H and O–H groups in total. The van der Waals surface area contributed by atoms with Crippen LogP contribution in [0.25, 0.3) is 0 Å². The van der Waals surface area contributed by atoms with Crippen molar-refractivity contribution in [1.82, 2.24) is 0 Å². The van der Waals surface area contributed by atoms with Gasteiger partial charge in [0.1, 0.15) is 11.5 Å². The van der Waals surface area contributed by atoms with Crippen LogP contribution in [0.4, 0.5) is 33.3 Å². The first-order chi connectivity index (χ1) is 8.19. The fourth-order valence-electron chi connectivity index (χ4n) is 1.18. The summed E-state index contributed by atoms with van der Waals surface area (Å²) in [6, 6.07) is 1.22. The van der Waals surface area contributed by atoms with Gasteiger partial charge in [-0.15, -0.1) is 0 Å². The Balaban J connectivity index is 2.71. The molecule has 0 aliphatic rings. The first-order valence-electron chi connectivity index (χ1n) is 4.80. The predicted molar refractivity (Wildman–Crippen MR) is 54.7 cm³/mol. The molecule has 0 saturated carbocycles. The minimum atomic E-state index is -4.48. The normalized spacial score (nSPS) is 11.4. The van der Waals surface area contributed by atoms with Gasteiger partial charge in [0.25, 0.3) is 0 Å². The highest BCUT2D eigenvalue weighted by molar-refractivity contribution is 5.93. The molecule has 0 aliphatic carbocycles. The molecule has 1 aromatic rings. The largest absolute Gasteiger partial charge is 0.397 e. The minimum absolute atomic E-state index is 0.396. The Kier molecular flexibility index (Phi) is 4.10. The number of carbonyl (C=O) groups excluding carboxylic acids is 1. The summed E-state index contributed by atoms with van der Waals surface area (Å²) in [5.74, 6) is -3.14. The Labute approximate surface area is 98.8 Å². The van der Waals surface area contributed by atoms with Crippen molar-refractivity contribution in [2.75, 3.05) is 11.1 Å². The first kappa shape index (κ1) is 14.2. The van der Waals surface area contributed by atoms with E-state index in [1.807, 2.05) is 5.32 Å². The zero-order valence-corrected chi connectivity index (χ0v) is 8.94. The summed E-state index contributed by atoms with van der Waals surface area (Å²) >= 11 is 0. The molecule has 18 heavy (non-hydrogen) atoms. The van der Waals surface area contributed by atoms with E-state index >= 15 is 0 Å². The van der Waals surface area contributed by atoms with Gasteiger partial charge < -0.3 is 11.1 Å². The molecule has 8 heteroatoms. The number of hydrogen-bond acceptors (Lipinski definition) is 2. The summed E-state index contributed by atoms with van der Waals surface area (Å²) in [7, 11) is 0. The third-order valence-corrected chi connectivity index (χ3v) is 1.99. The number of nitrogen functional groups attached to an aromatic ring is 1.